The standard InChI is InChI=1S/C13H20O.C11H18O/c1-5-7-11(14)12-10(2)8-6-9-13(12,3)4;1-9-5-4-7-11(2,3)10(9)6-8-12/h5-8,10,12H,9H2,1-4H3;4-5,8-10H,6-7H2,1-3H3. The number of ketones is 1. The van der Waals surface area contributed by atoms with E-state index >= 15 is 0 Å². The number of hydrogen-bond donors (Lipinski definition) is 0. The fourth-order valence-electron chi connectivity index (χ4n) is 4.67. The first-order chi connectivity index (χ1) is 12.1. The van der Waals surface area contributed by atoms with Crippen LogP contribution in [0.1, 0.15) is 67.7 Å². The molecule has 2 aliphatic rings. The van der Waals surface area contributed by atoms with Crippen LogP contribution in [0.2, 0.25) is 0 Å². The quantitative estimate of drug-likeness (QED) is 0.341. The average molecular weight is 359 g/mol. The van der Waals surface area contributed by atoms with Gasteiger partial charge in [-0.2, -0.15) is 0 Å². The molecule has 0 aromatic rings. The zero-order valence-corrected chi connectivity index (χ0v) is 17.8. The van der Waals surface area contributed by atoms with Crippen LogP contribution in [0.3, 0.4) is 0 Å². The van der Waals surface area contributed by atoms with Gasteiger partial charge < -0.3 is 4.79 Å². The van der Waals surface area contributed by atoms with Crippen LogP contribution < -0.4 is 0 Å². The van der Waals surface area contributed by atoms with Gasteiger partial charge in [0.15, 0.2) is 5.78 Å². The molecule has 0 N–H and O–H groups in total. The number of aldehydes is 1. The minimum atomic E-state index is 0.102. The first-order valence-electron chi connectivity index (χ1n) is 10.0. The molecule has 4 atom stereocenters. The van der Waals surface area contributed by atoms with Crippen LogP contribution in [0.4, 0.5) is 0 Å². The van der Waals surface area contributed by atoms with E-state index in [2.05, 4.69) is 65.8 Å². The van der Waals surface area contributed by atoms with E-state index in [-0.39, 0.29) is 17.1 Å². The summed E-state index contributed by atoms with van der Waals surface area (Å²) in [6.07, 6.45) is 16.3. The molecule has 2 rings (SSSR count). The molecule has 0 heterocycles. The lowest BCUT2D eigenvalue weighted by atomic mass is 9.65. The van der Waals surface area contributed by atoms with Gasteiger partial charge in [0.1, 0.15) is 6.29 Å². The van der Waals surface area contributed by atoms with E-state index in [1.54, 1.807) is 6.08 Å². The Morgan fingerprint density at radius 2 is 1.54 bits per heavy atom. The molecule has 0 fully saturated rings. The Morgan fingerprint density at radius 3 is 2.00 bits per heavy atom. The topological polar surface area (TPSA) is 34.1 Å². The smallest absolute Gasteiger partial charge is 0.159 e. The number of carbonyl (C=O) groups excluding carboxylic acids is 2. The van der Waals surface area contributed by atoms with Gasteiger partial charge in [-0.1, -0.05) is 71.9 Å². The van der Waals surface area contributed by atoms with E-state index in [1.165, 1.54) is 0 Å². The molecular formula is C24H38O2. The van der Waals surface area contributed by atoms with Crippen molar-refractivity contribution in [2.75, 3.05) is 0 Å². The fraction of sp³-hybridized carbons (Fsp3) is 0.667. The second kappa shape index (κ2) is 9.48. The van der Waals surface area contributed by atoms with Crippen molar-refractivity contribution in [1.29, 1.82) is 0 Å². The van der Waals surface area contributed by atoms with E-state index in [0.717, 1.165) is 19.1 Å². The Morgan fingerprint density at radius 1 is 1.00 bits per heavy atom. The molecule has 146 valence electrons. The van der Waals surface area contributed by atoms with Crippen molar-refractivity contribution in [2.45, 2.75) is 67.7 Å². The van der Waals surface area contributed by atoms with Gasteiger partial charge in [-0.25, -0.2) is 0 Å². The molecule has 0 amide bonds. The molecule has 0 saturated heterocycles. The van der Waals surface area contributed by atoms with E-state index in [0.29, 0.717) is 29.6 Å². The summed E-state index contributed by atoms with van der Waals surface area (Å²) in [4.78, 5) is 22.4. The van der Waals surface area contributed by atoms with E-state index < -0.39 is 0 Å². The van der Waals surface area contributed by atoms with Gasteiger partial charge in [0.2, 0.25) is 0 Å². The summed E-state index contributed by atoms with van der Waals surface area (Å²) in [5, 5.41) is 0. The summed E-state index contributed by atoms with van der Waals surface area (Å²) in [7, 11) is 0. The van der Waals surface area contributed by atoms with Gasteiger partial charge in [0, 0.05) is 12.3 Å². The van der Waals surface area contributed by atoms with Crippen molar-refractivity contribution >= 4 is 12.1 Å². The van der Waals surface area contributed by atoms with Crippen molar-refractivity contribution < 1.29 is 9.59 Å². The van der Waals surface area contributed by atoms with Crippen molar-refractivity contribution in [3.05, 3.63) is 36.5 Å². The van der Waals surface area contributed by atoms with E-state index in [1.807, 2.05) is 13.0 Å². The molecule has 2 heteroatoms. The molecule has 0 saturated carbocycles. The van der Waals surface area contributed by atoms with Crippen LogP contribution in [0, 0.1) is 34.5 Å². The van der Waals surface area contributed by atoms with Crippen LogP contribution >= 0.6 is 0 Å². The van der Waals surface area contributed by atoms with Gasteiger partial charge in [-0.05, 0) is 54.4 Å². The highest BCUT2D eigenvalue weighted by Gasteiger charge is 2.38. The molecule has 0 radical (unpaired) electrons. The molecule has 0 aromatic heterocycles. The summed E-state index contributed by atoms with van der Waals surface area (Å²) in [5.74, 6) is 1.86. The highest BCUT2D eigenvalue weighted by Crippen LogP contribution is 2.42. The number of hydrogen-bond acceptors (Lipinski definition) is 2. The summed E-state index contributed by atoms with van der Waals surface area (Å²) in [6.45, 7) is 15.1. The largest absolute Gasteiger partial charge is 0.303 e. The van der Waals surface area contributed by atoms with E-state index in [4.69, 9.17) is 0 Å². The minimum absolute atomic E-state index is 0.102. The third-order valence-electron chi connectivity index (χ3n) is 6.16. The summed E-state index contributed by atoms with van der Waals surface area (Å²) in [5.41, 5.74) is 0.403. The molecule has 4 unspecified atom stereocenters. The zero-order valence-electron chi connectivity index (χ0n) is 17.8. The highest BCUT2D eigenvalue weighted by molar-refractivity contribution is 5.92. The summed E-state index contributed by atoms with van der Waals surface area (Å²) in [6, 6.07) is 0. The Bertz CT molecular complexity index is 563. The fourth-order valence-corrected chi connectivity index (χ4v) is 4.67. The maximum atomic E-state index is 11.9. The molecule has 0 aromatic carbocycles. The van der Waals surface area contributed by atoms with Crippen molar-refractivity contribution in [3.8, 4) is 0 Å². The maximum Gasteiger partial charge on any atom is 0.159 e. The molecule has 0 spiro atoms. The second-order valence-electron chi connectivity index (χ2n) is 9.35. The number of allylic oxidation sites excluding steroid dienone is 6. The highest BCUT2D eigenvalue weighted by atomic mass is 16.1. The molecule has 26 heavy (non-hydrogen) atoms. The minimum Gasteiger partial charge on any atom is -0.303 e. The van der Waals surface area contributed by atoms with Gasteiger partial charge in [0.25, 0.3) is 0 Å². The van der Waals surface area contributed by atoms with Crippen LogP contribution in [-0.4, -0.2) is 12.1 Å². The number of carbonyl (C=O) groups is 2. The monoisotopic (exact) mass is 358 g/mol. The van der Waals surface area contributed by atoms with Gasteiger partial charge in [-0.3, -0.25) is 4.79 Å². The lowest BCUT2D eigenvalue weighted by Crippen LogP contribution is -2.36. The Kier molecular flexibility index (Phi) is 8.24. The molecule has 2 nitrogen and oxygen atoms in total. The Labute approximate surface area is 160 Å². The zero-order chi connectivity index (χ0) is 20.0. The summed E-state index contributed by atoms with van der Waals surface area (Å²) >= 11 is 0. The SMILES string of the molecule is CC1C=CCC(C)(C)C1CC=O.CC=CC(=O)C1C(C)C=CCC1(C)C. The lowest BCUT2D eigenvalue weighted by Gasteiger charge is -2.38. The molecular weight excluding hydrogens is 320 g/mol. The van der Waals surface area contributed by atoms with E-state index in [9.17, 15) is 9.59 Å². The third kappa shape index (κ3) is 5.79. The van der Waals surface area contributed by atoms with Crippen molar-refractivity contribution in [1.82, 2.24) is 0 Å². The second-order valence-corrected chi connectivity index (χ2v) is 9.35. The first-order valence-corrected chi connectivity index (χ1v) is 10.0. The molecule has 2 aliphatic carbocycles. The molecule has 0 bridgehead atoms. The average Bonchev–Trinajstić information content (AvgIpc) is 2.51. The third-order valence-corrected chi connectivity index (χ3v) is 6.16. The van der Waals surface area contributed by atoms with Gasteiger partial charge >= 0.3 is 0 Å². The lowest BCUT2D eigenvalue weighted by molar-refractivity contribution is -0.123. The Hall–Kier alpha value is -1.44. The van der Waals surface area contributed by atoms with Gasteiger partial charge in [0.05, 0.1) is 0 Å². The molecule has 0 aliphatic heterocycles. The first kappa shape index (κ1) is 22.6. The van der Waals surface area contributed by atoms with Crippen LogP contribution in [0.25, 0.3) is 0 Å². The van der Waals surface area contributed by atoms with Crippen LogP contribution in [-0.2, 0) is 9.59 Å². The van der Waals surface area contributed by atoms with Crippen molar-refractivity contribution in [3.63, 3.8) is 0 Å². The maximum absolute atomic E-state index is 11.9. The van der Waals surface area contributed by atoms with Crippen LogP contribution in [0.15, 0.2) is 36.5 Å². The van der Waals surface area contributed by atoms with Crippen molar-refractivity contribution in [2.24, 2.45) is 34.5 Å². The van der Waals surface area contributed by atoms with Crippen LogP contribution in [0.5, 0.6) is 0 Å². The predicted molar refractivity (Wildman–Crippen MR) is 111 cm³/mol. The Balaban J connectivity index is 0.000000263. The predicted octanol–water partition coefficient (Wildman–Crippen LogP) is 6.18. The van der Waals surface area contributed by atoms with Gasteiger partial charge in [-0.15, -0.1) is 0 Å². The summed E-state index contributed by atoms with van der Waals surface area (Å²) < 4.78 is 0. The number of rotatable bonds is 4. The normalized spacial score (nSPS) is 32.0.